The Morgan fingerprint density at radius 1 is 0.392 bits per heavy atom. The molecule has 0 atom stereocenters. The summed E-state index contributed by atoms with van der Waals surface area (Å²) in [6, 6.07) is 59.7. The third-order valence-corrected chi connectivity index (χ3v) is 10.1. The van der Waals surface area contributed by atoms with E-state index in [-0.39, 0.29) is 0 Å². The summed E-state index contributed by atoms with van der Waals surface area (Å²) in [4.78, 5) is 10.1. The Morgan fingerprint density at radius 3 is 1.59 bits per heavy atom. The summed E-state index contributed by atoms with van der Waals surface area (Å²) >= 11 is 0. The second-order valence-electron chi connectivity index (χ2n) is 13.0. The van der Waals surface area contributed by atoms with Crippen LogP contribution in [0.2, 0.25) is 0 Å². The molecule has 0 N–H and O–H groups in total. The van der Waals surface area contributed by atoms with Crippen LogP contribution in [0.1, 0.15) is 0 Å². The molecule has 0 amide bonds. The van der Waals surface area contributed by atoms with Crippen molar-refractivity contribution < 1.29 is 4.42 Å². The van der Waals surface area contributed by atoms with Crippen molar-refractivity contribution >= 4 is 65.7 Å². The van der Waals surface area contributed by atoms with Crippen LogP contribution in [-0.2, 0) is 0 Å². The highest BCUT2D eigenvalue weighted by atomic mass is 16.3. The SMILES string of the molecule is c1ccc(-c2nc(-c3ccccc3)c3c(n2)oc2ccc(-n4c5ccccc5c5cc6c(cc54)c4ccccc4n6-c4ccccc4)cc23)cc1. The Balaban J connectivity index is 1.21. The molecule has 0 unspecified atom stereocenters. The van der Waals surface area contributed by atoms with E-state index in [1.165, 1.54) is 32.6 Å². The van der Waals surface area contributed by atoms with E-state index in [1.54, 1.807) is 0 Å². The summed E-state index contributed by atoms with van der Waals surface area (Å²) in [5.41, 5.74) is 11.0. The molecule has 5 heteroatoms. The molecule has 0 saturated heterocycles. The maximum Gasteiger partial charge on any atom is 0.231 e. The van der Waals surface area contributed by atoms with E-state index in [1.807, 2.05) is 48.5 Å². The van der Waals surface area contributed by atoms with Gasteiger partial charge in [0.15, 0.2) is 5.82 Å². The van der Waals surface area contributed by atoms with Gasteiger partial charge in [-0.1, -0.05) is 115 Å². The van der Waals surface area contributed by atoms with E-state index in [9.17, 15) is 0 Å². The minimum absolute atomic E-state index is 0.576. The third kappa shape index (κ3) is 4.15. The second-order valence-corrected chi connectivity index (χ2v) is 13.0. The monoisotopic (exact) mass is 652 g/mol. The first-order chi connectivity index (χ1) is 25.3. The fourth-order valence-electron chi connectivity index (χ4n) is 7.89. The molecule has 5 nitrogen and oxygen atoms in total. The number of nitrogens with zero attached hydrogens (tertiary/aromatic N) is 4. The zero-order chi connectivity index (χ0) is 33.5. The summed E-state index contributed by atoms with van der Waals surface area (Å²) in [5.74, 6) is 0.641. The minimum atomic E-state index is 0.576. The molecule has 11 aromatic rings. The van der Waals surface area contributed by atoms with E-state index in [2.05, 4.69) is 130 Å². The first kappa shape index (κ1) is 27.9. The summed E-state index contributed by atoms with van der Waals surface area (Å²) in [7, 11) is 0. The third-order valence-electron chi connectivity index (χ3n) is 10.1. The maximum atomic E-state index is 6.51. The summed E-state index contributed by atoms with van der Waals surface area (Å²) < 4.78 is 11.3. The van der Waals surface area contributed by atoms with Gasteiger partial charge in [0, 0.05) is 49.4 Å². The number of rotatable bonds is 4. The Kier molecular flexibility index (Phi) is 5.89. The number of benzene rings is 7. The average molecular weight is 653 g/mol. The molecule has 0 fully saturated rings. The predicted octanol–water partition coefficient (Wildman–Crippen LogP) is 11.9. The lowest BCUT2D eigenvalue weighted by Gasteiger charge is -2.10. The van der Waals surface area contributed by atoms with E-state index in [0.29, 0.717) is 11.5 Å². The zero-order valence-electron chi connectivity index (χ0n) is 27.4. The first-order valence-electron chi connectivity index (χ1n) is 17.2. The molecule has 0 bridgehead atoms. The van der Waals surface area contributed by atoms with Gasteiger partial charge in [-0.05, 0) is 54.6 Å². The van der Waals surface area contributed by atoms with Crippen LogP contribution in [0, 0.1) is 0 Å². The van der Waals surface area contributed by atoms with Gasteiger partial charge < -0.3 is 13.6 Å². The van der Waals surface area contributed by atoms with Crippen LogP contribution in [0.3, 0.4) is 0 Å². The lowest BCUT2D eigenvalue weighted by molar-refractivity contribution is 0.653. The predicted molar refractivity (Wildman–Crippen MR) is 209 cm³/mol. The van der Waals surface area contributed by atoms with Crippen molar-refractivity contribution in [1.82, 2.24) is 19.1 Å². The Labute approximate surface area is 292 Å². The van der Waals surface area contributed by atoms with Crippen LogP contribution in [0.4, 0.5) is 0 Å². The van der Waals surface area contributed by atoms with E-state index in [0.717, 1.165) is 55.6 Å². The van der Waals surface area contributed by atoms with Crippen LogP contribution in [0.15, 0.2) is 174 Å². The van der Waals surface area contributed by atoms with Gasteiger partial charge in [0.2, 0.25) is 5.71 Å². The highest BCUT2D eigenvalue weighted by Gasteiger charge is 2.21. The van der Waals surface area contributed by atoms with Crippen LogP contribution in [-0.4, -0.2) is 19.1 Å². The number of fused-ring (bicyclic) bond motifs is 9. The fourth-order valence-corrected chi connectivity index (χ4v) is 7.89. The van der Waals surface area contributed by atoms with Crippen molar-refractivity contribution in [1.29, 1.82) is 0 Å². The Bertz CT molecular complexity index is 3120. The van der Waals surface area contributed by atoms with Crippen molar-refractivity contribution in [2.24, 2.45) is 0 Å². The number of hydrogen-bond acceptors (Lipinski definition) is 3. The molecule has 7 aromatic carbocycles. The molecule has 0 spiro atoms. The molecule has 0 radical (unpaired) electrons. The van der Waals surface area contributed by atoms with Crippen LogP contribution in [0.5, 0.6) is 0 Å². The fraction of sp³-hybridized carbons (Fsp3) is 0. The first-order valence-corrected chi connectivity index (χ1v) is 17.2. The van der Waals surface area contributed by atoms with E-state index >= 15 is 0 Å². The van der Waals surface area contributed by atoms with Gasteiger partial charge in [0.05, 0.1) is 33.1 Å². The van der Waals surface area contributed by atoms with Crippen molar-refractivity contribution in [2.45, 2.75) is 0 Å². The number of furan rings is 1. The van der Waals surface area contributed by atoms with E-state index < -0.39 is 0 Å². The van der Waals surface area contributed by atoms with Crippen molar-refractivity contribution in [2.75, 3.05) is 0 Å². The number of para-hydroxylation sites is 3. The van der Waals surface area contributed by atoms with Gasteiger partial charge in [0.1, 0.15) is 5.58 Å². The molecule has 11 rings (SSSR count). The summed E-state index contributed by atoms with van der Waals surface area (Å²) in [5, 5.41) is 6.74. The van der Waals surface area contributed by atoms with E-state index in [4.69, 9.17) is 14.4 Å². The lowest BCUT2D eigenvalue weighted by atomic mass is 10.1. The van der Waals surface area contributed by atoms with Crippen molar-refractivity contribution in [3.05, 3.63) is 170 Å². The van der Waals surface area contributed by atoms with Crippen LogP contribution < -0.4 is 0 Å². The highest BCUT2D eigenvalue weighted by Crippen LogP contribution is 2.42. The second kappa shape index (κ2) is 10.8. The molecule has 0 saturated carbocycles. The van der Waals surface area contributed by atoms with Crippen molar-refractivity contribution in [3.8, 4) is 34.0 Å². The quantitative estimate of drug-likeness (QED) is 0.190. The molecular formula is C46H28N4O. The maximum absolute atomic E-state index is 6.51. The number of aromatic nitrogens is 4. The van der Waals surface area contributed by atoms with Crippen LogP contribution >= 0.6 is 0 Å². The summed E-state index contributed by atoms with van der Waals surface area (Å²) in [6.07, 6.45) is 0. The molecule has 4 heterocycles. The molecule has 51 heavy (non-hydrogen) atoms. The lowest BCUT2D eigenvalue weighted by Crippen LogP contribution is -1.95. The molecule has 4 aromatic heterocycles. The molecule has 0 aliphatic carbocycles. The molecular weight excluding hydrogens is 625 g/mol. The largest absolute Gasteiger partial charge is 0.438 e. The highest BCUT2D eigenvalue weighted by molar-refractivity contribution is 6.19. The minimum Gasteiger partial charge on any atom is -0.438 e. The Hall–Kier alpha value is -6.98. The normalized spacial score (nSPS) is 11.9. The summed E-state index contributed by atoms with van der Waals surface area (Å²) in [6.45, 7) is 0. The number of hydrogen-bond donors (Lipinski definition) is 0. The van der Waals surface area contributed by atoms with Gasteiger partial charge in [-0.15, -0.1) is 0 Å². The zero-order valence-corrected chi connectivity index (χ0v) is 27.4. The molecule has 238 valence electrons. The Morgan fingerprint density at radius 2 is 0.941 bits per heavy atom. The molecule has 0 aliphatic heterocycles. The smallest absolute Gasteiger partial charge is 0.231 e. The van der Waals surface area contributed by atoms with Gasteiger partial charge in [-0.2, -0.15) is 4.98 Å². The standard InChI is InChI=1S/C46H28N4O/c1-4-14-29(15-5-1)44-43-37-26-32(24-25-42(37)51-46(43)48-45(47-44)30-16-6-2-7-17-30)50-39-23-13-11-21-34(39)36-27-40-35(28-41(36)50)33-20-10-12-22-38(33)49(40)31-18-8-3-9-19-31/h1-28H. The average Bonchev–Trinajstić information content (AvgIpc) is 3.84. The topological polar surface area (TPSA) is 48.8 Å². The van der Waals surface area contributed by atoms with Gasteiger partial charge in [-0.3, -0.25) is 0 Å². The van der Waals surface area contributed by atoms with Gasteiger partial charge >= 0.3 is 0 Å². The molecule has 0 aliphatic rings. The van der Waals surface area contributed by atoms with Crippen LogP contribution in [0.25, 0.3) is 99.7 Å². The van der Waals surface area contributed by atoms with Gasteiger partial charge in [-0.25, -0.2) is 4.98 Å². The van der Waals surface area contributed by atoms with Crippen molar-refractivity contribution in [3.63, 3.8) is 0 Å². The van der Waals surface area contributed by atoms with Gasteiger partial charge in [0.25, 0.3) is 0 Å².